The minimum absolute atomic E-state index is 0.321. The monoisotopic (exact) mass is 294 g/mol. The summed E-state index contributed by atoms with van der Waals surface area (Å²) < 4.78 is 29.5. The second-order valence-electron chi connectivity index (χ2n) is 4.20. The Bertz CT molecular complexity index is 541. The third-order valence-corrected chi connectivity index (χ3v) is 5.28. The minimum Gasteiger partial charge on any atom is -0.468 e. The van der Waals surface area contributed by atoms with Crippen molar-refractivity contribution < 1.29 is 18.0 Å². The molecular formula is C15H19O4P. The van der Waals surface area contributed by atoms with Crippen LogP contribution in [0.2, 0.25) is 0 Å². The highest BCUT2D eigenvalue weighted by Gasteiger charge is 2.39. The third kappa shape index (κ3) is 3.21. The summed E-state index contributed by atoms with van der Waals surface area (Å²) in [6.45, 7) is 4.24. The lowest BCUT2D eigenvalue weighted by Gasteiger charge is -2.25. The Morgan fingerprint density at radius 3 is 2.20 bits per heavy atom. The molecule has 0 aliphatic heterocycles. The van der Waals surface area contributed by atoms with Crippen molar-refractivity contribution in [1.82, 2.24) is 0 Å². The van der Waals surface area contributed by atoms with Crippen molar-refractivity contribution in [3.63, 3.8) is 0 Å². The van der Waals surface area contributed by atoms with Crippen LogP contribution in [0.15, 0.2) is 53.1 Å². The van der Waals surface area contributed by atoms with Gasteiger partial charge in [0.25, 0.3) is 0 Å². The molecule has 4 nitrogen and oxygen atoms in total. The summed E-state index contributed by atoms with van der Waals surface area (Å²) in [5, 5.41) is 0. The molecule has 1 atom stereocenters. The summed E-state index contributed by atoms with van der Waals surface area (Å²) in [4.78, 5) is 0. The van der Waals surface area contributed by atoms with Gasteiger partial charge in [0.2, 0.25) is 0 Å². The van der Waals surface area contributed by atoms with Gasteiger partial charge in [0.05, 0.1) is 19.5 Å². The lowest BCUT2D eigenvalue weighted by molar-refractivity contribution is 0.212. The van der Waals surface area contributed by atoms with Gasteiger partial charge >= 0.3 is 7.60 Å². The first-order chi connectivity index (χ1) is 9.71. The van der Waals surface area contributed by atoms with E-state index in [-0.39, 0.29) is 0 Å². The largest absolute Gasteiger partial charge is 0.468 e. The Labute approximate surface area is 119 Å². The molecule has 5 heteroatoms. The maximum absolute atomic E-state index is 13.1. The van der Waals surface area contributed by atoms with Crippen molar-refractivity contribution in [2.75, 3.05) is 13.2 Å². The average molecular weight is 294 g/mol. The molecule has 0 bridgehead atoms. The molecule has 1 aromatic heterocycles. The molecule has 0 spiro atoms. The molecule has 2 rings (SSSR count). The first-order valence-corrected chi connectivity index (χ1v) is 8.29. The van der Waals surface area contributed by atoms with E-state index in [1.54, 1.807) is 32.2 Å². The standard InChI is InChI=1S/C15H19O4P/c1-3-18-20(16,19-4-2)15(14-11-8-12-17-14)13-9-6-5-7-10-13/h5-12,15H,3-4H2,1-2H3. The molecule has 0 aliphatic carbocycles. The second-order valence-corrected chi connectivity index (χ2v) is 6.32. The zero-order valence-corrected chi connectivity index (χ0v) is 12.6. The van der Waals surface area contributed by atoms with Gasteiger partial charge in [-0.25, -0.2) is 0 Å². The summed E-state index contributed by atoms with van der Waals surface area (Å²) in [6.07, 6.45) is 1.56. The number of hydrogen-bond donors (Lipinski definition) is 0. The van der Waals surface area contributed by atoms with Gasteiger partial charge in [-0.1, -0.05) is 30.3 Å². The molecule has 1 heterocycles. The van der Waals surface area contributed by atoms with Crippen LogP contribution in [0.5, 0.6) is 0 Å². The van der Waals surface area contributed by atoms with E-state index in [0.29, 0.717) is 19.0 Å². The Morgan fingerprint density at radius 1 is 1.05 bits per heavy atom. The average Bonchev–Trinajstić information content (AvgIpc) is 2.94. The van der Waals surface area contributed by atoms with E-state index in [0.717, 1.165) is 5.56 Å². The Balaban J connectivity index is 2.48. The molecule has 0 radical (unpaired) electrons. The third-order valence-electron chi connectivity index (χ3n) is 2.86. The van der Waals surface area contributed by atoms with E-state index in [1.807, 2.05) is 30.3 Å². The van der Waals surface area contributed by atoms with Crippen molar-refractivity contribution in [3.05, 3.63) is 60.1 Å². The van der Waals surface area contributed by atoms with E-state index < -0.39 is 13.3 Å². The van der Waals surface area contributed by atoms with Gasteiger partial charge in [-0.2, -0.15) is 0 Å². The van der Waals surface area contributed by atoms with Gasteiger partial charge in [-0.3, -0.25) is 4.57 Å². The number of hydrogen-bond acceptors (Lipinski definition) is 4. The predicted molar refractivity (Wildman–Crippen MR) is 77.9 cm³/mol. The van der Waals surface area contributed by atoms with Crippen LogP contribution in [0.1, 0.15) is 30.8 Å². The zero-order chi connectivity index (χ0) is 14.4. The highest BCUT2D eigenvalue weighted by Crippen LogP contribution is 2.63. The summed E-state index contributed by atoms with van der Waals surface area (Å²) in [5.74, 6) is 0.585. The van der Waals surface area contributed by atoms with Crippen molar-refractivity contribution in [3.8, 4) is 0 Å². The van der Waals surface area contributed by atoms with Crippen molar-refractivity contribution in [1.29, 1.82) is 0 Å². The van der Waals surface area contributed by atoms with Crippen LogP contribution in [-0.2, 0) is 13.6 Å². The highest BCUT2D eigenvalue weighted by atomic mass is 31.2. The predicted octanol–water partition coefficient (Wildman–Crippen LogP) is 4.64. The van der Waals surface area contributed by atoms with Gasteiger partial charge < -0.3 is 13.5 Å². The van der Waals surface area contributed by atoms with Crippen LogP contribution in [0, 0.1) is 0 Å². The van der Waals surface area contributed by atoms with Crippen LogP contribution in [0.4, 0.5) is 0 Å². The minimum atomic E-state index is -3.33. The molecular weight excluding hydrogens is 275 g/mol. The fourth-order valence-electron chi connectivity index (χ4n) is 2.13. The molecule has 2 aromatic rings. The van der Waals surface area contributed by atoms with Gasteiger partial charge in [0.1, 0.15) is 11.4 Å². The van der Waals surface area contributed by atoms with Gasteiger partial charge in [-0.15, -0.1) is 0 Å². The summed E-state index contributed by atoms with van der Waals surface area (Å²) >= 11 is 0. The van der Waals surface area contributed by atoms with Crippen molar-refractivity contribution in [2.45, 2.75) is 19.5 Å². The Hall–Kier alpha value is -1.35. The van der Waals surface area contributed by atoms with E-state index in [2.05, 4.69) is 0 Å². The van der Waals surface area contributed by atoms with E-state index in [4.69, 9.17) is 13.5 Å². The molecule has 20 heavy (non-hydrogen) atoms. The van der Waals surface area contributed by atoms with Gasteiger partial charge in [-0.05, 0) is 31.5 Å². The molecule has 0 saturated carbocycles. The number of benzene rings is 1. The molecule has 0 N–H and O–H groups in total. The van der Waals surface area contributed by atoms with Gasteiger partial charge in [0, 0.05) is 0 Å². The fourth-order valence-corrected chi connectivity index (χ4v) is 4.22. The maximum atomic E-state index is 13.1. The van der Waals surface area contributed by atoms with Crippen molar-refractivity contribution in [2.24, 2.45) is 0 Å². The van der Waals surface area contributed by atoms with E-state index in [1.165, 1.54) is 0 Å². The molecule has 0 aliphatic rings. The quantitative estimate of drug-likeness (QED) is 0.698. The van der Waals surface area contributed by atoms with Gasteiger partial charge in [0.15, 0.2) is 0 Å². The van der Waals surface area contributed by atoms with E-state index in [9.17, 15) is 4.57 Å². The molecule has 0 fully saturated rings. The van der Waals surface area contributed by atoms with Crippen LogP contribution in [0.25, 0.3) is 0 Å². The number of rotatable bonds is 7. The molecule has 1 unspecified atom stereocenters. The van der Waals surface area contributed by atoms with Crippen molar-refractivity contribution >= 4 is 7.60 Å². The second kappa shape index (κ2) is 6.89. The number of furan rings is 1. The van der Waals surface area contributed by atoms with Crippen LogP contribution in [-0.4, -0.2) is 13.2 Å². The highest BCUT2D eigenvalue weighted by molar-refractivity contribution is 7.54. The summed E-state index contributed by atoms with van der Waals surface area (Å²) in [5.41, 5.74) is 0.311. The lowest BCUT2D eigenvalue weighted by atomic mass is 10.1. The van der Waals surface area contributed by atoms with Crippen LogP contribution < -0.4 is 0 Å². The fraction of sp³-hybridized carbons (Fsp3) is 0.333. The maximum Gasteiger partial charge on any atom is 0.345 e. The zero-order valence-electron chi connectivity index (χ0n) is 11.7. The molecule has 0 amide bonds. The molecule has 0 saturated heterocycles. The first kappa shape index (κ1) is 15.0. The lowest BCUT2D eigenvalue weighted by Crippen LogP contribution is -2.07. The Kier molecular flexibility index (Phi) is 5.18. The molecule has 1 aromatic carbocycles. The Morgan fingerprint density at radius 2 is 1.70 bits per heavy atom. The molecule has 108 valence electrons. The summed E-state index contributed by atoms with van der Waals surface area (Å²) in [6, 6.07) is 13.1. The van der Waals surface area contributed by atoms with Crippen LogP contribution >= 0.6 is 7.60 Å². The van der Waals surface area contributed by atoms with E-state index >= 15 is 0 Å². The van der Waals surface area contributed by atoms with Crippen LogP contribution in [0.3, 0.4) is 0 Å². The first-order valence-electron chi connectivity index (χ1n) is 6.68. The topological polar surface area (TPSA) is 48.7 Å². The SMILES string of the molecule is CCOP(=O)(OCC)C(c1ccccc1)c1ccco1. The summed E-state index contributed by atoms with van der Waals surface area (Å²) in [7, 11) is -3.33. The normalized spacial score (nSPS) is 13.3. The smallest absolute Gasteiger partial charge is 0.345 e.